The molecule has 2 heterocycles. The molecule has 8 heteroatoms. The smallest absolute Gasteiger partial charge is 0.328 e. The molecule has 29 heavy (non-hydrogen) atoms. The molecule has 0 saturated carbocycles. The molecule has 2 fully saturated rings. The Morgan fingerprint density at radius 2 is 2.03 bits per heavy atom. The molecule has 1 aromatic rings. The van der Waals surface area contributed by atoms with Crippen molar-refractivity contribution in [3.8, 4) is 0 Å². The number of ether oxygens (including phenoxy) is 1. The predicted octanol–water partition coefficient (Wildman–Crippen LogP) is 1.72. The molecular formula is C21H30N4O4. The van der Waals surface area contributed by atoms with Crippen LogP contribution >= 0.6 is 0 Å². The van der Waals surface area contributed by atoms with Crippen molar-refractivity contribution < 1.29 is 19.1 Å². The first kappa shape index (κ1) is 21.3. The number of carbonyl (C=O) groups is 3. The van der Waals surface area contributed by atoms with Gasteiger partial charge >= 0.3 is 6.03 Å². The zero-order valence-corrected chi connectivity index (χ0v) is 17.7. The van der Waals surface area contributed by atoms with Crippen molar-refractivity contribution in [2.24, 2.45) is 11.8 Å². The van der Waals surface area contributed by atoms with Gasteiger partial charge in [0, 0.05) is 26.4 Å². The van der Waals surface area contributed by atoms with Crippen molar-refractivity contribution in [3.05, 3.63) is 29.3 Å². The highest BCUT2D eigenvalue weighted by Gasteiger charge is 2.52. The van der Waals surface area contributed by atoms with E-state index in [1.807, 2.05) is 32.0 Å². The lowest BCUT2D eigenvalue weighted by Gasteiger charge is -2.50. The molecule has 0 aliphatic carbocycles. The first-order chi connectivity index (χ1) is 13.8. The second-order valence-corrected chi connectivity index (χ2v) is 7.93. The number of imide groups is 1. The molecular weight excluding hydrogens is 372 g/mol. The molecule has 2 N–H and O–H groups in total. The molecule has 158 valence electrons. The van der Waals surface area contributed by atoms with Crippen molar-refractivity contribution in [1.29, 1.82) is 0 Å². The number of hydrogen-bond acceptors (Lipinski definition) is 5. The third-order valence-electron chi connectivity index (χ3n) is 6.00. The second-order valence-electron chi connectivity index (χ2n) is 7.93. The van der Waals surface area contributed by atoms with E-state index in [1.165, 1.54) is 4.90 Å². The topological polar surface area (TPSA) is 91.0 Å². The van der Waals surface area contributed by atoms with Crippen LogP contribution in [-0.4, -0.2) is 67.2 Å². The SMILES string of the molecule is CCC1CNC2C(C(=O)N(CC(=O)Nc3ccc(C)cc3C)C(=O)N2C)C1OC. The van der Waals surface area contributed by atoms with Gasteiger partial charge in [-0.2, -0.15) is 0 Å². The van der Waals surface area contributed by atoms with Crippen LogP contribution in [0.5, 0.6) is 0 Å². The number of nitrogens with zero attached hydrogens (tertiary/aromatic N) is 2. The van der Waals surface area contributed by atoms with Crippen LogP contribution in [0.25, 0.3) is 0 Å². The maximum atomic E-state index is 13.2. The van der Waals surface area contributed by atoms with Gasteiger partial charge in [0.1, 0.15) is 6.54 Å². The Bertz CT molecular complexity index is 812. The molecule has 8 nitrogen and oxygen atoms in total. The van der Waals surface area contributed by atoms with Gasteiger partial charge in [-0.25, -0.2) is 4.79 Å². The van der Waals surface area contributed by atoms with E-state index in [9.17, 15) is 14.4 Å². The van der Waals surface area contributed by atoms with Crippen molar-refractivity contribution in [1.82, 2.24) is 15.1 Å². The van der Waals surface area contributed by atoms with E-state index in [0.29, 0.717) is 12.2 Å². The Kier molecular flexibility index (Phi) is 6.24. The number of benzene rings is 1. The molecule has 0 aromatic heterocycles. The number of nitrogens with one attached hydrogen (secondary N) is 2. The van der Waals surface area contributed by atoms with Gasteiger partial charge in [0.05, 0.1) is 18.2 Å². The summed E-state index contributed by atoms with van der Waals surface area (Å²) in [6.07, 6.45) is 0.118. The summed E-state index contributed by atoms with van der Waals surface area (Å²) in [6, 6.07) is 5.21. The maximum absolute atomic E-state index is 13.2. The standard InChI is InChI=1S/C21H30N4O4/c1-6-14-10-22-19-17(18(14)29-5)20(27)25(21(28)24(19)4)11-16(26)23-15-8-7-12(2)9-13(15)3/h7-9,14,17-19,22H,6,10-11H2,1-5H3,(H,23,26). The number of aryl methyl sites for hydroxylation is 2. The van der Waals surface area contributed by atoms with Crippen molar-refractivity contribution in [3.63, 3.8) is 0 Å². The van der Waals surface area contributed by atoms with Crippen LogP contribution < -0.4 is 10.6 Å². The van der Waals surface area contributed by atoms with Crippen LogP contribution in [0.15, 0.2) is 18.2 Å². The number of piperidine rings is 1. The molecule has 3 rings (SSSR count). The largest absolute Gasteiger partial charge is 0.380 e. The first-order valence-corrected chi connectivity index (χ1v) is 9.99. The van der Waals surface area contributed by atoms with Gasteiger partial charge in [-0.15, -0.1) is 0 Å². The molecule has 2 aliphatic rings. The average molecular weight is 402 g/mol. The first-order valence-electron chi connectivity index (χ1n) is 9.99. The summed E-state index contributed by atoms with van der Waals surface area (Å²) < 4.78 is 5.67. The zero-order chi connectivity index (χ0) is 21.3. The number of hydrogen-bond donors (Lipinski definition) is 2. The van der Waals surface area contributed by atoms with E-state index < -0.39 is 24.0 Å². The van der Waals surface area contributed by atoms with Crippen LogP contribution in [0.4, 0.5) is 10.5 Å². The van der Waals surface area contributed by atoms with E-state index in [-0.39, 0.29) is 24.5 Å². The van der Waals surface area contributed by atoms with Gasteiger partial charge < -0.3 is 15.0 Å². The summed E-state index contributed by atoms with van der Waals surface area (Å²) in [5.74, 6) is -1.16. The third kappa shape index (κ3) is 4.00. The molecule has 0 bridgehead atoms. The number of fused-ring (bicyclic) bond motifs is 1. The maximum Gasteiger partial charge on any atom is 0.328 e. The Hall–Kier alpha value is -2.45. The molecule has 2 saturated heterocycles. The Morgan fingerprint density at radius 1 is 1.31 bits per heavy atom. The minimum atomic E-state index is -0.546. The number of carbonyl (C=O) groups excluding carboxylic acids is 3. The van der Waals surface area contributed by atoms with Crippen molar-refractivity contribution in [2.75, 3.05) is 32.6 Å². The molecule has 1 aromatic carbocycles. The zero-order valence-electron chi connectivity index (χ0n) is 17.7. The summed E-state index contributed by atoms with van der Waals surface area (Å²) in [5.41, 5.74) is 2.69. The predicted molar refractivity (Wildman–Crippen MR) is 109 cm³/mol. The van der Waals surface area contributed by atoms with E-state index in [0.717, 1.165) is 22.4 Å². The van der Waals surface area contributed by atoms with Gasteiger partial charge in [0.25, 0.3) is 0 Å². The second kappa shape index (κ2) is 8.51. The fraction of sp³-hybridized carbons (Fsp3) is 0.571. The minimum absolute atomic E-state index is 0.165. The van der Waals surface area contributed by atoms with Crippen LogP contribution in [0.2, 0.25) is 0 Å². The van der Waals surface area contributed by atoms with Gasteiger partial charge in [-0.05, 0) is 37.8 Å². The quantitative estimate of drug-likeness (QED) is 0.783. The van der Waals surface area contributed by atoms with Crippen molar-refractivity contribution in [2.45, 2.75) is 39.5 Å². The van der Waals surface area contributed by atoms with Crippen molar-refractivity contribution >= 4 is 23.5 Å². The van der Waals surface area contributed by atoms with E-state index in [2.05, 4.69) is 17.6 Å². The molecule has 4 amide bonds. The lowest BCUT2D eigenvalue weighted by atomic mass is 9.81. The summed E-state index contributed by atoms with van der Waals surface area (Å²) in [6.45, 7) is 6.28. The third-order valence-corrected chi connectivity index (χ3v) is 6.00. The summed E-state index contributed by atoms with van der Waals surface area (Å²) in [5, 5.41) is 6.11. The Balaban J connectivity index is 1.78. The highest BCUT2D eigenvalue weighted by Crippen LogP contribution is 2.33. The molecule has 0 radical (unpaired) electrons. The number of rotatable bonds is 5. The van der Waals surface area contributed by atoms with Crippen LogP contribution in [0, 0.1) is 25.7 Å². The van der Waals surface area contributed by atoms with E-state index in [1.54, 1.807) is 14.2 Å². The summed E-state index contributed by atoms with van der Waals surface area (Å²) in [4.78, 5) is 41.2. The molecule has 2 aliphatic heterocycles. The monoisotopic (exact) mass is 402 g/mol. The fourth-order valence-electron chi connectivity index (χ4n) is 4.37. The number of urea groups is 1. The lowest BCUT2D eigenvalue weighted by molar-refractivity contribution is -0.154. The summed E-state index contributed by atoms with van der Waals surface area (Å²) in [7, 11) is 3.24. The molecule has 4 unspecified atom stereocenters. The highest BCUT2D eigenvalue weighted by atomic mass is 16.5. The fourth-order valence-corrected chi connectivity index (χ4v) is 4.37. The molecule has 0 spiro atoms. The Morgan fingerprint density at radius 3 is 2.66 bits per heavy atom. The highest BCUT2D eigenvalue weighted by molar-refractivity contribution is 6.04. The van der Waals surface area contributed by atoms with Crippen LogP contribution in [0.1, 0.15) is 24.5 Å². The van der Waals surface area contributed by atoms with E-state index in [4.69, 9.17) is 4.74 Å². The number of amides is 4. The van der Waals surface area contributed by atoms with Gasteiger partial charge in [0.15, 0.2) is 0 Å². The number of anilines is 1. The normalized spacial score (nSPS) is 27.1. The van der Waals surface area contributed by atoms with Gasteiger partial charge in [-0.1, -0.05) is 24.6 Å². The minimum Gasteiger partial charge on any atom is -0.380 e. The summed E-state index contributed by atoms with van der Waals surface area (Å²) >= 11 is 0. The van der Waals surface area contributed by atoms with Gasteiger partial charge in [-0.3, -0.25) is 19.8 Å². The van der Waals surface area contributed by atoms with Crippen LogP contribution in [-0.2, 0) is 14.3 Å². The molecule has 4 atom stereocenters. The Labute approximate surface area is 171 Å². The van der Waals surface area contributed by atoms with Crippen LogP contribution in [0.3, 0.4) is 0 Å². The lowest BCUT2D eigenvalue weighted by Crippen LogP contribution is -2.71. The van der Waals surface area contributed by atoms with E-state index >= 15 is 0 Å². The number of methoxy groups -OCH3 is 1. The van der Waals surface area contributed by atoms with Gasteiger partial charge in [0.2, 0.25) is 11.8 Å². The average Bonchev–Trinajstić information content (AvgIpc) is 2.70.